The number of rotatable bonds is 8. The first-order valence-corrected chi connectivity index (χ1v) is 10.3. The standard InChI is InChI=1S/C20H16F3N3O2S2/c21-20(22,23)17(8-7-15-2-1-9-29-15)16(10-24)19(25)30-12-18(28)26-14-5-3-13(11-27)4-6-14/h1-6,8-9,11H,7,12,25H2,(H,26,28)/b17-8+,19-16+. The summed E-state index contributed by atoms with van der Waals surface area (Å²) in [5.74, 6) is -0.807. The summed E-state index contributed by atoms with van der Waals surface area (Å²) in [6, 6.07) is 11.0. The number of carbonyl (C=O) groups excluding carboxylic acids is 2. The highest BCUT2D eigenvalue weighted by Gasteiger charge is 2.37. The summed E-state index contributed by atoms with van der Waals surface area (Å²) in [7, 11) is 0. The largest absolute Gasteiger partial charge is 0.417 e. The monoisotopic (exact) mass is 451 g/mol. The van der Waals surface area contributed by atoms with E-state index in [1.807, 2.05) is 0 Å². The molecule has 0 aliphatic rings. The van der Waals surface area contributed by atoms with E-state index < -0.39 is 28.3 Å². The maximum absolute atomic E-state index is 13.5. The van der Waals surface area contributed by atoms with E-state index >= 15 is 0 Å². The first-order chi connectivity index (χ1) is 14.2. The van der Waals surface area contributed by atoms with Crippen LogP contribution in [-0.4, -0.2) is 24.1 Å². The van der Waals surface area contributed by atoms with Crippen molar-refractivity contribution in [1.82, 2.24) is 0 Å². The number of thioether (sulfide) groups is 1. The Balaban J connectivity index is 2.11. The zero-order valence-corrected chi connectivity index (χ0v) is 17.0. The van der Waals surface area contributed by atoms with Gasteiger partial charge in [0, 0.05) is 22.5 Å². The summed E-state index contributed by atoms with van der Waals surface area (Å²) in [6.07, 6.45) is -3.18. The van der Waals surface area contributed by atoms with E-state index in [0.29, 0.717) is 34.2 Å². The third-order valence-corrected chi connectivity index (χ3v) is 5.53. The molecule has 0 saturated carbocycles. The highest BCUT2D eigenvalue weighted by Crippen LogP contribution is 2.34. The number of carbonyl (C=O) groups is 2. The molecule has 0 fully saturated rings. The first kappa shape index (κ1) is 23.3. The summed E-state index contributed by atoms with van der Waals surface area (Å²) < 4.78 is 40.4. The number of amides is 1. The smallest absolute Gasteiger partial charge is 0.392 e. The molecule has 0 aliphatic carbocycles. The molecular formula is C20H16F3N3O2S2. The van der Waals surface area contributed by atoms with Gasteiger partial charge >= 0.3 is 6.18 Å². The molecule has 1 heterocycles. The second-order valence-electron chi connectivity index (χ2n) is 5.83. The van der Waals surface area contributed by atoms with Crippen molar-refractivity contribution in [2.45, 2.75) is 12.6 Å². The summed E-state index contributed by atoms with van der Waals surface area (Å²) in [6.45, 7) is 0. The molecule has 0 atom stereocenters. The summed E-state index contributed by atoms with van der Waals surface area (Å²) >= 11 is 1.94. The predicted molar refractivity (Wildman–Crippen MR) is 112 cm³/mol. The van der Waals surface area contributed by atoms with Crippen LogP contribution >= 0.6 is 23.1 Å². The second-order valence-corrected chi connectivity index (χ2v) is 7.88. The van der Waals surface area contributed by atoms with Crippen LogP contribution in [0.4, 0.5) is 18.9 Å². The van der Waals surface area contributed by atoms with E-state index in [4.69, 9.17) is 5.73 Å². The lowest BCUT2D eigenvalue weighted by molar-refractivity contribution is -0.113. The molecule has 2 aromatic rings. The number of hydrogen-bond donors (Lipinski definition) is 2. The van der Waals surface area contributed by atoms with Gasteiger partial charge in [0.15, 0.2) is 0 Å². The van der Waals surface area contributed by atoms with Gasteiger partial charge < -0.3 is 11.1 Å². The van der Waals surface area contributed by atoms with Crippen LogP contribution in [0, 0.1) is 11.3 Å². The summed E-state index contributed by atoms with van der Waals surface area (Å²) in [5, 5.41) is 13.2. The summed E-state index contributed by atoms with van der Waals surface area (Å²) in [4.78, 5) is 23.4. The number of nitrogens with zero attached hydrogens (tertiary/aromatic N) is 1. The van der Waals surface area contributed by atoms with Crippen molar-refractivity contribution in [3.05, 3.63) is 74.5 Å². The van der Waals surface area contributed by atoms with E-state index in [9.17, 15) is 28.0 Å². The molecule has 0 radical (unpaired) electrons. The van der Waals surface area contributed by atoms with Gasteiger partial charge in [-0.25, -0.2) is 0 Å². The minimum absolute atomic E-state index is 0.00685. The lowest BCUT2D eigenvalue weighted by Gasteiger charge is -2.13. The number of thiophene rings is 1. The molecule has 2 rings (SSSR count). The quantitative estimate of drug-likeness (QED) is 0.346. The minimum Gasteiger partial charge on any atom is -0.392 e. The second kappa shape index (κ2) is 10.7. The lowest BCUT2D eigenvalue weighted by atomic mass is 10.1. The fourth-order valence-electron chi connectivity index (χ4n) is 2.30. The van der Waals surface area contributed by atoms with E-state index in [2.05, 4.69) is 5.32 Å². The maximum atomic E-state index is 13.5. The number of allylic oxidation sites excluding steroid dienone is 3. The van der Waals surface area contributed by atoms with Crippen molar-refractivity contribution in [2.75, 3.05) is 11.1 Å². The fraction of sp³-hybridized carbons (Fsp3) is 0.150. The molecule has 10 heteroatoms. The van der Waals surface area contributed by atoms with Gasteiger partial charge in [0.2, 0.25) is 5.91 Å². The highest BCUT2D eigenvalue weighted by molar-refractivity contribution is 8.03. The van der Waals surface area contributed by atoms with Gasteiger partial charge in [-0.1, -0.05) is 23.9 Å². The number of benzene rings is 1. The van der Waals surface area contributed by atoms with Gasteiger partial charge in [0.1, 0.15) is 12.4 Å². The van der Waals surface area contributed by atoms with Crippen molar-refractivity contribution in [3.8, 4) is 6.07 Å². The molecular weight excluding hydrogens is 435 g/mol. The Hall–Kier alpha value is -3.03. The Morgan fingerprint density at radius 1 is 1.27 bits per heavy atom. The van der Waals surface area contributed by atoms with Crippen LogP contribution in [0.15, 0.2) is 64.0 Å². The van der Waals surface area contributed by atoms with Gasteiger partial charge in [-0.15, -0.1) is 11.3 Å². The van der Waals surface area contributed by atoms with Crippen LogP contribution in [0.1, 0.15) is 15.2 Å². The number of nitriles is 1. The maximum Gasteiger partial charge on any atom is 0.417 e. The SMILES string of the molecule is N#CC(=C(/N)SCC(=O)Nc1ccc(C=O)cc1)/C(=C\Cc1cccs1)C(F)(F)F. The number of nitrogens with two attached hydrogens (primary N) is 1. The molecule has 0 bridgehead atoms. The third-order valence-electron chi connectivity index (χ3n) is 3.71. The van der Waals surface area contributed by atoms with Gasteiger partial charge in [-0.3, -0.25) is 9.59 Å². The van der Waals surface area contributed by atoms with Crippen molar-refractivity contribution in [2.24, 2.45) is 5.73 Å². The molecule has 3 N–H and O–H groups in total. The zero-order chi connectivity index (χ0) is 22.1. The Kier molecular flexibility index (Phi) is 8.26. The minimum atomic E-state index is -4.77. The van der Waals surface area contributed by atoms with Crippen LogP contribution in [0.2, 0.25) is 0 Å². The van der Waals surface area contributed by atoms with Crippen LogP contribution in [0.25, 0.3) is 0 Å². The van der Waals surface area contributed by atoms with Crippen molar-refractivity contribution in [1.29, 1.82) is 5.26 Å². The van der Waals surface area contributed by atoms with Crippen molar-refractivity contribution < 1.29 is 22.8 Å². The Labute approximate surface area is 179 Å². The van der Waals surface area contributed by atoms with E-state index in [1.165, 1.54) is 41.7 Å². The lowest BCUT2D eigenvalue weighted by Crippen LogP contribution is -2.18. The molecule has 1 aromatic carbocycles. The molecule has 1 amide bonds. The van der Waals surface area contributed by atoms with Gasteiger partial charge in [0.25, 0.3) is 0 Å². The average Bonchev–Trinajstić information content (AvgIpc) is 3.22. The Morgan fingerprint density at radius 3 is 2.50 bits per heavy atom. The average molecular weight is 451 g/mol. The van der Waals surface area contributed by atoms with Gasteiger partial charge in [-0.2, -0.15) is 18.4 Å². The summed E-state index contributed by atoms with van der Waals surface area (Å²) in [5.41, 5.74) is 4.72. The topological polar surface area (TPSA) is 96.0 Å². The van der Waals surface area contributed by atoms with Gasteiger partial charge in [0.05, 0.1) is 21.9 Å². The third kappa shape index (κ3) is 6.79. The molecule has 30 heavy (non-hydrogen) atoms. The molecule has 0 spiro atoms. The highest BCUT2D eigenvalue weighted by atomic mass is 32.2. The number of hydrogen-bond acceptors (Lipinski definition) is 6. The predicted octanol–water partition coefficient (Wildman–Crippen LogP) is 4.66. The van der Waals surface area contributed by atoms with Crippen LogP contribution in [0.5, 0.6) is 0 Å². The van der Waals surface area contributed by atoms with E-state index in [0.717, 1.165) is 6.08 Å². The Bertz CT molecular complexity index is 990. The van der Waals surface area contributed by atoms with Crippen molar-refractivity contribution in [3.63, 3.8) is 0 Å². The molecule has 0 aliphatic heterocycles. The van der Waals surface area contributed by atoms with Crippen LogP contribution in [-0.2, 0) is 11.2 Å². The molecule has 0 unspecified atom stereocenters. The molecule has 1 aromatic heterocycles. The van der Waals surface area contributed by atoms with Gasteiger partial charge in [-0.05, 0) is 35.7 Å². The normalized spacial score (nSPS) is 12.7. The molecule has 156 valence electrons. The zero-order valence-electron chi connectivity index (χ0n) is 15.4. The number of anilines is 1. The van der Waals surface area contributed by atoms with E-state index in [-0.39, 0.29) is 12.2 Å². The van der Waals surface area contributed by atoms with E-state index in [1.54, 1.807) is 17.5 Å². The van der Waals surface area contributed by atoms with Crippen LogP contribution in [0.3, 0.4) is 0 Å². The number of halogens is 3. The Morgan fingerprint density at radius 2 is 1.97 bits per heavy atom. The van der Waals surface area contributed by atoms with Crippen LogP contribution < -0.4 is 11.1 Å². The van der Waals surface area contributed by atoms with Crippen molar-refractivity contribution >= 4 is 41.0 Å². The number of alkyl halides is 3. The first-order valence-electron chi connectivity index (χ1n) is 8.42. The molecule has 5 nitrogen and oxygen atoms in total. The number of aldehydes is 1. The number of nitrogens with one attached hydrogen (secondary N) is 1. The molecule has 0 saturated heterocycles. The fourth-order valence-corrected chi connectivity index (χ4v) is 3.62.